The van der Waals surface area contributed by atoms with Gasteiger partial charge in [0.15, 0.2) is 11.5 Å². The number of hydrogen-bond donors (Lipinski definition) is 4. The number of aromatic nitrogens is 2. The van der Waals surface area contributed by atoms with Gasteiger partial charge in [-0.25, -0.2) is 9.97 Å². The normalized spacial score (nSPS) is 17.6. The van der Waals surface area contributed by atoms with E-state index in [2.05, 4.69) is 37.8 Å². The lowest BCUT2D eigenvalue weighted by Gasteiger charge is -2.27. The molecule has 1 aliphatic carbocycles. The molecule has 18 heteroatoms. The van der Waals surface area contributed by atoms with E-state index in [9.17, 15) is 37.1 Å². The van der Waals surface area contributed by atoms with E-state index in [4.69, 9.17) is 19.9 Å². The van der Waals surface area contributed by atoms with E-state index < -0.39 is 53.6 Å². The number of carbonyl (C=O) groups excluding carboxylic acids is 5. The fraction of sp³-hybridized carbons (Fsp3) is 0.400. The first-order valence-corrected chi connectivity index (χ1v) is 20.4. The molecular formula is C45H46F3N7O8. The first-order chi connectivity index (χ1) is 30.0. The van der Waals surface area contributed by atoms with Gasteiger partial charge in [0.25, 0.3) is 11.8 Å². The van der Waals surface area contributed by atoms with Gasteiger partial charge in [-0.1, -0.05) is 17.9 Å². The van der Waals surface area contributed by atoms with Crippen LogP contribution in [0.3, 0.4) is 0 Å². The average Bonchev–Trinajstić information content (AvgIpc) is 3.95. The van der Waals surface area contributed by atoms with Crippen molar-refractivity contribution in [1.29, 1.82) is 0 Å². The highest BCUT2D eigenvalue weighted by Crippen LogP contribution is 2.51. The molecule has 4 aromatic rings. The number of carbonyl (C=O) groups is 5. The predicted octanol–water partition coefficient (Wildman–Crippen LogP) is 5.63. The number of rotatable bonds is 15. The molecule has 2 unspecified atom stereocenters. The number of benzene rings is 3. The number of halogens is 3. The zero-order valence-electron chi connectivity index (χ0n) is 35.0. The van der Waals surface area contributed by atoms with Crippen LogP contribution in [0.4, 0.5) is 24.7 Å². The lowest BCUT2D eigenvalue weighted by Crippen LogP contribution is -2.54. The van der Waals surface area contributed by atoms with Crippen LogP contribution in [0.5, 0.6) is 11.5 Å². The summed E-state index contributed by atoms with van der Waals surface area (Å²) >= 11 is 0. The minimum absolute atomic E-state index is 0.00910. The highest BCUT2D eigenvalue weighted by Gasteiger charge is 2.47. The van der Waals surface area contributed by atoms with Crippen LogP contribution in [0.2, 0.25) is 0 Å². The summed E-state index contributed by atoms with van der Waals surface area (Å²) in [7, 11) is 3.05. The summed E-state index contributed by atoms with van der Waals surface area (Å²) in [5, 5.41) is 8.62. The standard InChI is InChI=1S/C45H46F3N7O8/c1-24(27-16-28(45(46,47)48)18-29(49)17-27)51-40-32-20-36(35(61-4)21-33(32)52-25(2)53-40)63-23-44(13-14-44)22-30(19-38(57)50-3)62-15-6-5-8-26-9-7-10-31-39(26)43(60)55(42(31)59)34-11-12-37(56)54-41(34)58/h7,9-10,16-18,20-21,24,30,34H,6,11-15,19,22-23,49H2,1-4H3,(H,50,57)(H,51,52,53)(H,54,56,58)/t24-,30?,34?/m1/s1. The lowest BCUT2D eigenvalue weighted by atomic mass is 9.97. The summed E-state index contributed by atoms with van der Waals surface area (Å²) in [6.45, 7) is 3.84. The highest BCUT2D eigenvalue weighted by molar-refractivity contribution is 6.24. The topological polar surface area (TPSA) is 204 Å². The van der Waals surface area contributed by atoms with Crippen LogP contribution >= 0.6 is 0 Å². The van der Waals surface area contributed by atoms with Crippen LogP contribution in [0.25, 0.3) is 10.9 Å². The van der Waals surface area contributed by atoms with E-state index >= 15 is 0 Å². The molecule has 330 valence electrons. The first-order valence-electron chi connectivity index (χ1n) is 20.4. The number of ether oxygens (including phenoxy) is 3. The van der Waals surface area contributed by atoms with Crippen LogP contribution in [0.1, 0.15) is 101 Å². The van der Waals surface area contributed by atoms with E-state index in [1.165, 1.54) is 19.2 Å². The molecule has 0 spiro atoms. The molecule has 5 N–H and O–H groups in total. The quantitative estimate of drug-likeness (QED) is 0.0497. The zero-order valence-corrected chi connectivity index (χ0v) is 35.0. The van der Waals surface area contributed by atoms with Gasteiger partial charge >= 0.3 is 6.18 Å². The minimum Gasteiger partial charge on any atom is -0.493 e. The van der Waals surface area contributed by atoms with Crippen LogP contribution in [0, 0.1) is 24.2 Å². The molecule has 15 nitrogen and oxygen atoms in total. The molecule has 2 fully saturated rings. The Morgan fingerprint density at radius 3 is 2.56 bits per heavy atom. The number of imide groups is 2. The number of fused-ring (bicyclic) bond motifs is 2. The maximum Gasteiger partial charge on any atom is 0.416 e. The number of piperidine rings is 1. The molecular weight excluding hydrogens is 824 g/mol. The molecule has 2 aliphatic heterocycles. The monoisotopic (exact) mass is 869 g/mol. The summed E-state index contributed by atoms with van der Waals surface area (Å²) in [4.78, 5) is 73.4. The van der Waals surface area contributed by atoms with E-state index in [1.54, 1.807) is 45.2 Å². The number of nitrogens with two attached hydrogens (primary N) is 1. The van der Waals surface area contributed by atoms with Crippen molar-refractivity contribution in [3.63, 3.8) is 0 Å². The number of nitrogens with one attached hydrogen (secondary N) is 3. The molecule has 1 aromatic heterocycles. The van der Waals surface area contributed by atoms with Crippen molar-refractivity contribution < 1.29 is 51.4 Å². The van der Waals surface area contributed by atoms with Gasteiger partial charge < -0.3 is 30.6 Å². The number of nitrogen functional groups attached to an aromatic ring is 1. The first kappa shape index (κ1) is 44.3. The number of aryl methyl sites for hydroxylation is 1. The second kappa shape index (κ2) is 17.9. The van der Waals surface area contributed by atoms with Crippen LogP contribution in [-0.2, 0) is 25.3 Å². The van der Waals surface area contributed by atoms with Gasteiger partial charge in [-0.2, -0.15) is 13.2 Å². The molecule has 1 saturated carbocycles. The molecule has 3 atom stereocenters. The van der Waals surface area contributed by atoms with E-state index in [0.29, 0.717) is 51.6 Å². The van der Waals surface area contributed by atoms with E-state index in [0.717, 1.165) is 29.9 Å². The summed E-state index contributed by atoms with van der Waals surface area (Å²) in [5.41, 5.74) is 6.05. The van der Waals surface area contributed by atoms with Crippen molar-refractivity contribution in [1.82, 2.24) is 25.5 Å². The van der Waals surface area contributed by atoms with Gasteiger partial charge in [0, 0.05) is 48.0 Å². The van der Waals surface area contributed by atoms with Crippen molar-refractivity contribution in [3.05, 3.63) is 82.2 Å². The Labute approximate surface area is 360 Å². The SMILES string of the molecule is CNC(=O)CC(CC1(COc2cc3c(N[C@H](C)c4cc(N)cc(C(F)(F)F)c4)nc(C)nc3cc2OC)CC1)OCCC#Cc1cccc2c1C(=O)N(C1CCC(=O)NC1=O)C2=O. The largest absolute Gasteiger partial charge is 0.493 e. The van der Waals surface area contributed by atoms with Crippen molar-refractivity contribution in [2.45, 2.75) is 83.2 Å². The van der Waals surface area contributed by atoms with Gasteiger partial charge in [0.2, 0.25) is 17.7 Å². The second-order valence-corrected chi connectivity index (χ2v) is 16.0. The number of anilines is 2. The van der Waals surface area contributed by atoms with Crippen molar-refractivity contribution in [3.8, 4) is 23.3 Å². The Morgan fingerprint density at radius 2 is 1.86 bits per heavy atom. The van der Waals surface area contributed by atoms with E-state index in [1.807, 2.05) is 0 Å². The van der Waals surface area contributed by atoms with Crippen molar-refractivity contribution in [2.24, 2.45) is 5.41 Å². The summed E-state index contributed by atoms with van der Waals surface area (Å²) in [5.74, 6) is 4.95. The molecule has 3 aromatic carbocycles. The van der Waals surface area contributed by atoms with Gasteiger partial charge in [0.1, 0.15) is 17.7 Å². The zero-order chi connectivity index (χ0) is 45.2. The molecule has 7 rings (SSSR count). The Hall–Kier alpha value is -6.74. The summed E-state index contributed by atoms with van der Waals surface area (Å²) < 4.78 is 59.1. The highest BCUT2D eigenvalue weighted by atomic mass is 19.4. The number of methoxy groups -OCH3 is 1. The van der Waals surface area contributed by atoms with Gasteiger partial charge in [0.05, 0.1) is 61.1 Å². The maximum atomic E-state index is 13.6. The number of amides is 5. The molecule has 5 amide bonds. The number of nitrogens with zero attached hydrogens (tertiary/aromatic N) is 3. The smallest absolute Gasteiger partial charge is 0.416 e. The fourth-order valence-corrected chi connectivity index (χ4v) is 7.86. The van der Waals surface area contributed by atoms with Crippen LogP contribution < -0.4 is 31.2 Å². The van der Waals surface area contributed by atoms with Gasteiger partial charge in [-0.05, 0) is 81.5 Å². The Balaban J connectivity index is 1.02. The van der Waals surface area contributed by atoms with Gasteiger partial charge in [-0.3, -0.25) is 34.2 Å². The fourth-order valence-electron chi connectivity index (χ4n) is 7.86. The Morgan fingerprint density at radius 1 is 1.08 bits per heavy atom. The average molecular weight is 870 g/mol. The third kappa shape index (κ3) is 9.83. The Kier molecular flexibility index (Phi) is 12.6. The van der Waals surface area contributed by atoms with Crippen LogP contribution in [-0.4, -0.2) is 83.9 Å². The summed E-state index contributed by atoms with van der Waals surface area (Å²) in [6, 6.07) is 9.87. The molecule has 3 aliphatic rings. The lowest BCUT2D eigenvalue weighted by molar-refractivity contribution is -0.138. The number of hydrogen-bond acceptors (Lipinski definition) is 12. The van der Waals surface area contributed by atoms with Crippen molar-refractivity contribution in [2.75, 3.05) is 38.4 Å². The minimum atomic E-state index is -4.57. The molecule has 3 heterocycles. The molecule has 1 saturated heterocycles. The predicted molar refractivity (Wildman–Crippen MR) is 224 cm³/mol. The third-order valence-corrected chi connectivity index (χ3v) is 11.4. The maximum absolute atomic E-state index is 13.6. The molecule has 0 bridgehead atoms. The van der Waals surface area contributed by atoms with Gasteiger partial charge in [-0.15, -0.1) is 0 Å². The molecule has 63 heavy (non-hydrogen) atoms. The van der Waals surface area contributed by atoms with Crippen LogP contribution in [0.15, 0.2) is 48.5 Å². The third-order valence-electron chi connectivity index (χ3n) is 11.4. The van der Waals surface area contributed by atoms with Crippen molar-refractivity contribution >= 4 is 51.9 Å². The number of alkyl halides is 3. The Bertz CT molecular complexity index is 2570. The van der Waals surface area contributed by atoms with E-state index in [-0.39, 0.29) is 67.0 Å². The molecule has 0 radical (unpaired) electrons. The second-order valence-electron chi connectivity index (χ2n) is 16.0. The summed E-state index contributed by atoms with van der Waals surface area (Å²) in [6.07, 6.45) is -2.57.